The van der Waals surface area contributed by atoms with Crippen LogP contribution in [0.25, 0.3) is 10.9 Å². The van der Waals surface area contributed by atoms with Crippen LogP contribution in [-0.4, -0.2) is 10.3 Å². The van der Waals surface area contributed by atoms with Gasteiger partial charge >= 0.3 is 0 Å². The number of pyridine rings is 1. The smallest absolute Gasteiger partial charge is 0.251 e. The standard InChI is InChI=1S/C15H19NOS/c1-2-5-12(11-18)10-16-14-7-4-3-6-13(14)8-9-15(16)17/h3-4,6-9,12,18H,2,5,10-11H2,1H3. The highest BCUT2D eigenvalue weighted by atomic mass is 32.1. The van der Waals surface area contributed by atoms with Gasteiger partial charge < -0.3 is 4.57 Å². The maximum Gasteiger partial charge on any atom is 0.251 e. The first-order valence-corrected chi connectivity index (χ1v) is 7.09. The molecule has 2 aromatic rings. The predicted octanol–water partition coefficient (Wildman–Crippen LogP) is 3.35. The third-order valence-corrected chi connectivity index (χ3v) is 3.81. The second-order valence-electron chi connectivity index (χ2n) is 4.68. The molecule has 0 fully saturated rings. The van der Waals surface area contributed by atoms with Crippen molar-refractivity contribution in [3.8, 4) is 0 Å². The molecule has 3 heteroatoms. The zero-order valence-electron chi connectivity index (χ0n) is 10.7. The fourth-order valence-electron chi connectivity index (χ4n) is 2.34. The van der Waals surface area contributed by atoms with Gasteiger partial charge in [0.05, 0.1) is 5.52 Å². The summed E-state index contributed by atoms with van der Waals surface area (Å²) < 4.78 is 1.88. The van der Waals surface area contributed by atoms with Gasteiger partial charge in [-0.2, -0.15) is 12.6 Å². The van der Waals surface area contributed by atoms with Crippen molar-refractivity contribution in [2.45, 2.75) is 26.3 Å². The van der Waals surface area contributed by atoms with Gasteiger partial charge in [0.1, 0.15) is 0 Å². The molecule has 1 aromatic carbocycles. The third kappa shape index (κ3) is 2.78. The summed E-state index contributed by atoms with van der Waals surface area (Å²) in [5.74, 6) is 1.28. The van der Waals surface area contributed by atoms with Crippen LogP contribution in [-0.2, 0) is 6.54 Å². The molecule has 0 aliphatic carbocycles. The van der Waals surface area contributed by atoms with Crippen molar-refractivity contribution in [2.24, 2.45) is 5.92 Å². The summed E-state index contributed by atoms with van der Waals surface area (Å²) in [4.78, 5) is 12.0. The second-order valence-corrected chi connectivity index (χ2v) is 5.04. The lowest BCUT2D eigenvalue weighted by Gasteiger charge is -2.17. The summed E-state index contributed by atoms with van der Waals surface area (Å²) in [6.45, 7) is 2.93. The molecule has 0 saturated heterocycles. The van der Waals surface area contributed by atoms with Crippen molar-refractivity contribution < 1.29 is 0 Å². The van der Waals surface area contributed by atoms with Gasteiger partial charge in [0.25, 0.3) is 5.56 Å². The second kappa shape index (κ2) is 6.10. The first-order chi connectivity index (χ1) is 8.76. The minimum Gasteiger partial charge on any atom is -0.308 e. The third-order valence-electron chi connectivity index (χ3n) is 3.29. The van der Waals surface area contributed by atoms with E-state index in [9.17, 15) is 4.79 Å². The van der Waals surface area contributed by atoms with Crippen LogP contribution < -0.4 is 5.56 Å². The molecular formula is C15H19NOS. The van der Waals surface area contributed by atoms with Crippen molar-refractivity contribution >= 4 is 23.5 Å². The van der Waals surface area contributed by atoms with Crippen LogP contribution in [0.2, 0.25) is 0 Å². The minimum absolute atomic E-state index is 0.0802. The van der Waals surface area contributed by atoms with E-state index in [0.29, 0.717) is 5.92 Å². The summed E-state index contributed by atoms with van der Waals surface area (Å²) in [5.41, 5.74) is 1.10. The molecule has 0 saturated carbocycles. The number of nitrogens with zero attached hydrogens (tertiary/aromatic N) is 1. The van der Waals surface area contributed by atoms with E-state index in [0.717, 1.165) is 36.0 Å². The van der Waals surface area contributed by atoms with E-state index in [4.69, 9.17) is 0 Å². The number of fused-ring (bicyclic) bond motifs is 1. The zero-order chi connectivity index (χ0) is 13.0. The lowest BCUT2D eigenvalue weighted by atomic mass is 10.1. The lowest BCUT2D eigenvalue weighted by Crippen LogP contribution is -2.24. The molecule has 0 spiro atoms. The molecule has 96 valence electrons. The number of para-hydroxylation sites is 1. The Bertz CT molecular complexity index is 576. The molecule has 0 aliphatic heterocycles. The van der Waals surface area contributed by atoms with Gasteiger partial charge in [-0.3, -0.25) is 4.79 Å². The van der Waals surface area contributed by atoms with Crippen LogP contribution in [0.1, 0.15) is 19.8 Å². The topological polar surface area (TPSA) is 22.0 Å². The number of rotatable bonds is 5. The highest BCUT2D eigenvalue weighted by Crippen LogP contribution is 2.15. The maximum absolute atomic E-state index is 12.0. The fraction of sp³-hybridized carbons (Fsp3) is 0.400. The molecule has 2 nitrogen and oxygen atoms in total. The van der Waals surface area contributed by atoms with E-state index in [1.54, 1.807) is 6.07 Å². The number of thiol groups is 1. The average Bonchev–Trinajstić information content (AvgIpc) is 2.41. The monoisotopic (exact) mass is 261 g/mol. The Balaban J connectivity index is 2.42. The Kier molecular flexibility index (Phi) is 4.48. The molecule has 0 N–H and O–H groups in total. The van der Waals surface area contributed by atoms with E-state index in [1.807, 2.05) is 34.9 Å². The van der Waals surface area contributed by atoms with Crippen LogP contribution in [0.15, 0.2) is 41.2 Å². The van der Waals surface area contributed by atoms with Gasteiger partial charge in [0.2, 0.25) is 0 Å². The van der Waals surface area contributed by atoms with Gasteiger partial charge in [-0.15, -0.1) is 0 Å². The number of hydrogen-bond donors (Lipinski definition) is 1. The van der Waals surface area contributed by atoms with Crippen molar-refractivity contribution in [2.75, 3.05) is 5.75 Å². The van der Waals surface area contributed by atoms with E-state index >= 15 is 0 Å². The maximum atomic E-state index is 12.0. The first kappa shape index (κ1) is 13.2. The van der Waals surface area contributed by atoms with Gasteiger partial charge in [-0.25, -0.2) is 0 Å². The lowest BCUT2D eigenvalue weighted by molar-refractivity contribution is 0.454. The van der Waals surface area contributed by atoms with E-state index in [1.165, 1.54) is 0 Å². The number of hydrogen-bond acceptors (Lipinski definition) is 2. The summed E-state index contributed by atoms with van der Waals surface area (Å²) in [5, 5.41) is 1.12. The molecule has 1 unspecified atom stereocenters. The van der Waals surface area contributed by atoms with Crippen molar-refractivity contribution in [3.05, 3.63) is 46.8 Å². The van der Waals surface area contributed by atoms with Crippen molar-refractivity contribution in [3.63, 3.8) is 0 Å². The summed E-state index contributed by atoms with van der Waals surface area (Å²) in [6.07, 6.45) is 2.24. The van der Waals surface area contributed by atoms with Gasteiger partial charge in [-0.1, -0.05) is 31.5 Å². The normalized spacial score (nSPS) is 12.8. The first-order valence-electron chi connectivity index (χ1n) is 6.45. The minimum atomic E-state index is 0.0802. The Morgan fingerprint density at radius 3 is 2.72 bits per heavy atom. The summed E-state index contributed by atoms with van der Waals surface area (Å²) in [6, 6.07) is 11.6. The summed E-state index contributed by atoms with van der Waals surface area (Å²) >= 11 is 4.39. The SMILES string of the molecule is CCCC(CS)Cn1c(=O)ccc2ccccc21. The number of benzene rings is 1. The fourth-order valence-corrected chi connectivity index (χ4v) is 2.64. The van der Waals surface area contributed by atoms with E-state index in [2.05, 4.69) is 19.6 Å². The molecule has 0 aliphatic rings. The van der Waals surface area contributed by atoms with Crippen LogP contribution in [0.3, 0.4) is 0 Å². The summed E-state index contributed by atoms with van der Waals surface area (Å²) in [7, 11) is 0. The molecule has 0 radical (unpaired) electrons. The largest absolute Gasteiger partial charge is 0.308 e. The van der Waals surface area contributed by atoms with E-state index < -0.39 is 0 Å². The van der Waals surface area contributed by atoms with Gasteiger partial charge in [0.15, 0.2) is 0 Å². The van der Waals surface area contributed by atoms with Crippen LogP contribution >= 0.6 is 12.6 Å². The van der Waals surface area contributed by atoms with E-state index in [-0.39, 0.29) is 5.56 Å². The van der Waals surface area contributed by atoms with Crippen molar-refractivity contribution in [1.29, 1.82) is 0 Å². The molecule has 1 atom stereocenters. The molecule has 0 amide bonds. The van der Waals surface area contributed by atoms with Crippen LogP contribution in [0.4, 0.5) is 0 Å². The molecule has 1 aromatic heterocycles. The highest BCUT2D eigenvalue weighted by molar-refractivity contribution is 7.80. The van der Waals surface area contributed by atoms with Crippen LogP contribution in [0.5, 0.6) is 0 Å². The molecule has 1 heterocycles. The average molecular weight is 261 g/mol. The zero-order valence-corrected chi connectivity index (χ0v) is 11.6. The Morgan fingerprint density at radius 1 is 1.22 bits per heavy atom. The Morgan fingerprint density at radius 2 is 2.00 bits per heavy atom. The number of aromatic nitrogens is 1. The molecule has 0 bridgehead atoms. The predicted molar refractivity (Wildman–Crippen MR) is 80.5 cm³/mol. The van der Waals surface area contributed by atoms with Crippen LogP contribution in [0, 0.1) is 5.92 Å². The van der Waals surface area contributed by atoms with Gasteiger partial charge in [0, 0.05) is 12.6 Å². The highest BCUT2D eigenvalue weighted by Gasteiger charge is 2.09. The van der Waals surface area contributed by atoms with Crippen molar-refractivity contribution in [1.82, 2.24) is 4.57 Å². The molecule has 18 heavy (non-hydrogen) atoms. The van der Waals surface area contributed by atoms with Gasteiger partial charge in [-0.05, 0) is 35.6 Å². The Hall–Kier alpha value is -1.22. The molecular weight excluding hydrogens is 242 g/mol. The molecule has 2 rings (SSSR count). The Labute approximate surface area is 113 Å². The quantitative estimate of drug-likeness (QED) is 0.819.